The Labute approximate surface area is 125 Å². The van der Waals surface area contributed by atoms with Gasteiger partial charge in [-0.3, -0.25) is 4.90 Å². The van der Waals surface area contributed by atoms with E-state index in [1.807, 2.05) is 26.0 Å². The molecule has 0 saturated carbocycles. The van der Waals surface area contributed by atoms with Gasteiger partial charge in [0.2, 0.25) is 0 Å². The van der Waals surface area contributed by atoms with Gasteiger partial charge in [0.15, 0.2) is 0 Å². The van der Waals surface area contributed by atoms with E-state index in [9.17, 15) is 9.90 Å². The summed E-state index contributed by atoms with van der Waals surface area (Å²) in [6.07, 6.45) is 0.636. The van der Waals surface area contributed by atoms with E-state index >= 15 is 0 Å². The maximum Gasteiger partial charge on any atom is 0.331 e. The third-order valence-electron chi connectivity index (χ3n) is 4.13. The number of carbonyl (C=O) groups is 1. The van der Waals surface area contributed by atoms with Gasteiger partial charge in [-0.05, 0) is 31.0 Å². The molecule has 1 aromatic rings. The van der Waals surface area contributed by atoms with Gasteiger partial charge in [-0.15, -0.1) is 0 Å². The van der Waals surface area contributed by atoms with Crippen molar-refractivity contribution in [3.8, 4) is 5.75 Å². The Kier molecular flexibility index (Phi) is 5.20. The first-order valence-electron chi connectivity index (χ1n) is 7.57. The number of nitrogens with zero attached hydrogens (tertiary/aromatic N) is 1. The van der Waals surface area contributed by atoms with Gasteiger partial charge < -0.3 is 15.2 Å². The summed E-state index contributed by atoms with van der Waals surface area (Å²) in [7, 11) is 0. The second-order valence-corrected chi connectivity index (χ2v) is 5.22. The summed E-state index contributed by atoms with van der Waals surface area (Å²) < 4.78 is 5.37. The zero-order chi connectivity index (χ0) is 15.3. The van der Waals surface area contributed by atoms with Gasteiger partial charge in [-0.2, -0.15) is 0 Å². The number of aromatic hydroxyl groups is 1. The molecule has 1 fully saturated rings. The largest absolute Gasteiger partial charge is 0.508 e. The number of hydrogen-bond acceptors (Lipinski definition) is 5. The highest BCUT2D eigenvalue weighted by Gasteiger charge is 2.45. The van der Waals surface area contributed by atoms with Crippen LogP contribution in [0.5, 0.6) is 5.75 Å². The molecule has 1 saturated heterocycles. The summed E-state index contributed by atoms with van der Waals surface area (Å²) in [5, 5.41) is 12.8. The molecule has 5 nitrogen and oxygen atoms in total. The van der Waals surface area contributed by atoms with Gasteiger partial charge >= 0.3 is 5.97 Å². The first-order chi connectivity index (χ1) is 10.1. The molecule has 116 valence electrons. The first-order valence-corrected chi connectivity index (χ1v) is 7.57. The van der Waals surface area contributed by atoms with Crippen LogP contribution in [0, 0.1) is 0 Å². The van der Waals surface area contributed by atoms with Gasteiger partial charge in [0.05, 0.1) is 6.61 Å². The maximum atomic E-state index is 12.7. The SMILES string of the molecule is CCOC(=O)C(CC)(c1ccc(O)cc1)N1CCNCC1. The van der Waals surface area contributed by atoms with E-state index in [1.165, 1.54) is 0 Å². The van der Waals surface area contributed by atoms with E-state index in [0.717, 1.165) is 31.7 Å². The van der Waals surface area contributed by atoms with Crippen LogP contribution < -0.4 is 5.32 Å². The monoisotopic (exact) mass is 292 g/mol. The highest BCUT2D eigenvalue weighted by molar-refractivity contribution is 5.82. The molecule has 1 atom stereocenters. The summed E-state index contributed by atoms with van der Waals surface area (Å²) in [4.78, 5) is 14.9. The molecule has 1 aliphatic rings. The minimum absolute atomic E-state index is 0.202. The number of esters is 1. The number of hydrogen-bond donors (Lipinski definition) is 2. The molecule has 1 aromatic carbocycles. The molecule has 1 unspecified atom stereocenters. The van der Waals surface area contributed by atoms with Gasteiger partial charge in [-0.25, -0.2) is 4.79 Å². The molecular weight excluding hydrogens is 268 g/mol. The van der Waals surface area contributed by atoms with Crippen molar-refractivity contribution in [2.75, 3.05) is 32.8 Å². The Balaban J connectivity index is 2.44. The van der Waals surface area contributed by atoms with E-state index in [-0.39, 0.29) is 11.7 Å². The average Bonchev–Trinajstić information content (AvgIpc) is 2.52. The summed E-state index contributed by atoms with van der Waals surface area (Å²) in [6.45, 7) is 7.52. The van der Waals surface area contributed by atoms with Crippen LogP contribution in [0.4, 0.5) is 0 Å². The molecule has 2 rings (SSSR count). The molecule has 0 bridgehead atoms. The molecule has 0 aliphatic carbocycles. The van der Waals surface area contributed by atoms with Gasteiger partial charge in [0.25, 0.3) is 0 Å². The van der Waals surface area contributed by atoms with Crippen molar-refractivity contribution >= 4 is 5.97 Å². The Bertz CT molecular complexity index is 469. The molecule has 1 aliphatic heterocycles. The fourth-order valence-corrected chi connectivity index (χ4v) is 3.04. The summed E-state index contributed by atoms with van der Waals surface area (Å²) in [5.41, 5.74) is 0.106. The molecule has 5 heteroatoms. The molecule has 1 heterocycles. The van der Waals surface area contributed by atoms with Crippen molar-refractivity contribution < 1.29 is 14.6 Å². The number of rotatable bonds is 5. The fourth-order valence-electron chi connectivity index (χ4n) is 3.04. The normalized spacial score (nSPS) is 19.0. The number of phenolic OH excluding ortho intramolecular Hbond substituents is 1. The van der Waals surface area contributed by atoms with E-state index in [2.05, 4.69) is 10.2 Å². The van der Waals surface area contributed by atoms with Gasteiger partial charge in [-0.1, -0.05) is 19.1 Å². The average molecular weight is 292 g/mol. The minimum atomic E-state index is -0.772. The number of ether oxygens (including phenoxy) is 1. The smallest absolute Gasteiger partial charge is 0.331 e. The first kappa shape index (κ1) is 15.8. The van der Waals surface area contributed by atoms with Crippen LogP contribution in [0.25, 0.3) is 0 Å². The van der Waals surface area contributed by atoms with Crippen LogP contribution in [0.1, 0.15) is 25.8 Å². The van der Waals surface area contributed by atoms with Crippen molar-refractivity contribution in [1.82, 2.24) is 10.2 Å². The van der Waals surface area contributed by atoms with Crippen LogP contribution in [0.2, 0.25) is 0 Å². The number of phenols is 1. The van der Waals surface area contributed by atoms with E-state index in [0.29, 0.717) is 13.0 Å². The van der Waals surface area contributed by atoms with Crippen molar-refractivity contribution in [3.05, 3.63) is 29.8 Å². The lowest BCUT2D eigenvalue weighted by molar-refractivity contribution is -0.160. The van der Waals surface area contributed by atoms with E-state index in [1.54, 1.807) is 12.1 Å². The molecule has 0 amide bonds. The van der Waals surface area contributed by atoms with Crippen molar-refractivity contribution in [2.45, 2.75) is 25.8 Å². The van der Waals surface area contributed by atoms with Crippen LogP contribution in [0.3, 0.4) is 0 Å². The second-order valence-electron chi connectivity index (χ2n) is 5.22. The van der Waals surface area contributed by atoms with Crippen molar-refractivity contribution in [1.29, 1.82) is 0 Å². The zero-order valence-electron chi connectivity index (χ0n) is 12.8. The van der Waals surface area contributed by atoms with Crippen LogP contribution >= 0.6 is 0 Å². The molecule has 2 N–H and O–H groups in total. The highest BCUT2D eigenvalue weighted by Crippen LogP contribution is 2.35. The fraction of sp³-hybridized carbons (Fsp3) is 0.562. The van der Waals surface area contributed by atoms with Gasteiger partial charge in [0.1, 0.15) is 11.3 Å². The standard InChI is InChI=1S/C16H24N2O3/c1-3-16(15(20)21-4-2,18-11-9-17-10-12-18)13-5-7-14(19)8-6-13/h5-8,17,19H,3-4,9-12H2,1-2H3. The lowest BCUT2D eigenvalue weighted by Gasteiger charge is -2.43. The third-order valence-corrected chi connectivity index (χ3v) is 4.13. The topological polar surface area (TPSA) is 61.8 Å². The van der Waals surface area contributed by atoms with Crippen LogP contribution in [-0.2, 0) is 15.1 Å². The van der Waals surface area contributed by atoms with E-state index in [4.69, 9.17) is 4.74 Å². The lowest BCUT2D eigenvalue weighted by Crippen LogP contribution is -2.58. The molecule has 0 radical (unpaired) electrons. The quantitative estimate of drug-likeness (QED) is 0.805. The molecule has 0 aromatic heterocycles. The Morgan fingerprint density at radius 3 is 2.43 bits per heavy atom. The molecular formula is C16H24N2O3. The van der Waals surface area contributed by atoms with Crippen LogP contribution in [-0.4, -0.2) is 48.8 Å². The Morgan fingerprint density at radius 2 is 1.90 bits per heavy atom. The Hall–Kier alpha value is -1.59. The van der Waals surface area contributed by atoms with Crippen molar-refractivity contribution in [3.63, 3.8) is 0 Å². The maximum absolute atomic E-state index is 12.7. The zero-order valence-corrected chi connectivity index (χ0v) is 12.8. The number of nitrogens with one attached hydrogen (secondary N) is 1. The predicted molar refractivity (Wildman–Crippen MR) is 81.2 cm³/mol. The van der Waals surface area contributed by atoms with Crippen LogP contribution in [0.15, 0.2) is 24.3 Å². The number of carbonyl (C=O) groups excluding carboxylic acids is 1. The minimum Gasteiger partial charge on any atom is -0.508 e. The predicted octanol–water partition coefficient (Wildman–Crippen LogP) is 1.47. The van der Waals surface area contributed by atoms with E-state index < -0.39 is 5.54 Å². The number of benzene rings is 1. The highest BCUT2D eigenvalue weighted by atomic mass is 16.5. The Morgan fingerprint density at radius 1 is 1.29 bits per heavy atom. The van der Waals surface area contributed by atoms with Gasteiger partial charge in [0, 0.05) is 26.2 Å². The third kappa shape index (κ3) is 3.04. The second kappa shape index (κ2) is 6.91. The van der Waals surface area contributed by atoms with Crippen molar-refractivity contribution in [2.24, 2.45) is 0 Å². The summed E-state index contributed by atoms with van der Waals surface area (Å²) >= 11 is 0. The summed E-state index contributed by atoms with van der Waals surface area (Å²) in [5.74, 6) is -0.00647. The molecule has 21 heavy (non-hydrogen) atoms. The number of piperazine rings is 1. The molecule has 0 spiro atoms. The lowest BCUT2D eigenvalue weighted by atomic mass is 9.84. The summed E-state index contributed by atoms with van der Waals surface area (Å²) in [6, 6.07) is 6.89.